The van der Waals surface area contributed by atoms with Crippen LogP contribution < -0.4 is 15.9 Å². The summed E-state index contributed by atoms with van der Waals surface area (Å²) in [6, 6.07) is 14.2. The van der Waals surface area contributed by atoms with Crippen molar-refractivity contribution < 1.29 is 27.6 Å². The first-order valence-corrected chi connectivity index (χ1v) is 25.5. The number of halogens is 3. The molecule has 3 aromatic heterocycles. The number of benzene rings is 2. The molecule has 71 heavy (non-hydrogen) atoms. The van der Waals surface area contributed by atoms with Crippen LogP contribution in [0.3, 0.4) is 0 Å². The number of nitrogens with zero attached hydrogens (tertiary/aromatic N) is 11. The third kappa shape index (κ3) is 9.77. The molecule has 0 radical (unpaired) electrons. The van der Waals surface area contributed by atoms with Gasteiger partial charge in [-0.05, 0) is 110 Å². The number of rotatable bonds is 13. The smallest absolute Gasteiger partial charge is 0.369 e. The van der Waals surface area contributed by atoms with Crippen LogP contribution in [0.15, 0.2) is 72.0 Å². The Morgan fingerprint density at radius 2 is 1.51 bits per heavy atom. The third-order valence-corrected chi connectivity index (χ3v) is 16.4. The molecule has 16 nitrogen and oxygen atoms in total. The van der Waals surface area contributed by atoms with Gasteiger partial charge in [0.15, 0.2) is 0 Å². The predicted molar refractivity (Wildman–Crippen MR) is 260 cm³/mol. The Balaban J connectivity index is 0.637. The Hall–Kier alpha value is -5.89. The van der Waals surface area contributed by atoms with Gasteiger partial charge in [0.25, 0.3) is 5.91 Å². The number of pyridine rings is 1. The Labute approximate surface area is 411 Å². The van der Waals surface area contributed by atoms with Crippen LogP contribution in [0.4, 0.5) is 18.9 Å². The maximum absolute atomic E-state index is 14.7. The second-order valence-electron chi connectivity index (χ2n) is 20.8. The lowest BCUT2D eigenvalue weighted by molar-refractivity contribution is -0.137. The van der Waals surface area contributed by atoms with Crippen LogP contribution in [0, 0.1) is 11.8 Å². The molecule has 376 valence electrons. The summed E-state index contributed by atoms with van der Waals surface area (Å²) in [6.07, 6.45) is 6.13. The minimum absolute atomic E-state index is 0.0299. The van der Waals surface area contributed by atoms with Gasteiger partial charge in [-0.3, -0.25) is 43.4 Å². The standard InChI is InChI=1S/C52H63F3N12O4/c1-59-34-56-58-48(59)47(37-4-2-5-37)38-6-3-7-41(27-38)65-33-45-43(52(53,54)55)26-36(31-67(45)51(65)71)30-62-20-18-61(19-21-62)17-16-60-14-12-35(13-15-60)29-63-22-24-64(25-23-63)40-8-9-42-39(28-40)32-66(50(42)70)44-10-11-46(68)57-49(44)69/h3,6-9,26-28,31,33-35,37,44,47H,2,4-5,10-25,29-30,32H2,1H3,(H,57,68,69)/t44-,47+/m0/s1. The van der Waals surface area contributed by atoms with E-state index in [1.54, 1.807) is 23.5 Å². The van der Waals surface area contributed by atoms with E-state index in [1.165, 1.54) is 34.1 Å². The van der Waals surface area contributed by atoms with Gasteiger partial charge < -0.3 is 19.3 Å². The van der Waals surface area contributed by atoms with Gasteiger partial charge in [0.1, 0.15) is 18.2 Å². The second-order valence-corrected chi connectivity index (χ2v) is 20.8. The first-order chi connectivity index (χ1) is 34.3. The van der Waals surface area contributed by atoms with Crippen LogP contribution in [0.2, 0.25) is 0 Å². The quantitative estimate of drug-likeness (QED) is 0.166. The molecule has 5 aromatic rings. The van der Waals surface area contributed by atoms with E-state index in [-0.39, 0.29) is 29.7 Å². The van der Waals surface area contributed by atoms with E-state index in [2.05, 4.69) is 46.1 Å². The number of hydrogen-bond donors (Lipinski definition) is 1. The van der Waals surface area contributed by atoms with Gasteiger partial charge in [-0.1, -0.05) is 18.6 Å². The van der Waals surface area contributed by atoms with E-state index in [0.29, 0.717) is 48.2 Å². The van der Waals surface area contributed by atoms with Crippen molar-refractivity contribution in [1.29, 1.82) is 0 Å². The molecule has 2 aromatic carbocycles. The highest BCUT2D eigenvalue weighted by Crippen LogP contribution is 2.43. The average Bonchev–Trinajstić information content (AvgIpc) is 4.03. The van der Waals surface area contributed by atoms with Crippen LogP contribution in [0.1, 0.15) is 89.3 Å². The summed E-state index contributed by atoms with van der Waals surface area (Å²) in [5, 5.41) is 10.9. The monoisotopic (exact) mass is 977 g/mol. The van der Waals surface area contributed by atoms with Gasteiger partial charge >= 0.3 is 11.9 Å². The molecule has 0 spiro atoms. The largest absolute Gasteiger partial charge is 0.418 e. The minimum atomic E-state index is -4.64. The van der Waals surface area contributed by atoms with Crippen LogP contribution in [0.25, 0.3) is 11.2 Å². The number of carbonyl (C=O) groups excluding carboxylic acids is 3. The van der Waals surface area contributed by atoms with Gasteiger partial charge in [0, 0.05) is 128 Å². The Morgan fingerprint density at radius 1 is 0.775 bits per heavy atom. The van der Waals surface area contributed by atoms with Crippen LogP contribution in [0.5, 0.6) is 0 Å². The number of imidazole rings is 1. The normalized spacial score (nSPS) is 22.1. The molecular formula is C52H63F3N12O4. The van der Waals surface area contributed by atoms with E-state index in [1.807, 2.05) is 41.9 Å². The molecule has 1 N–H and O–H groups in total. The second kappa shape index (κ2) is 19.6. The topological polar surface area (TPSA) is 140 Å². The Bertz CT molecular complexity index is 2850. The van der Waals surface area contributed by atoms with Gasteiger partial charge in [0.2, 0.25) is 11.8 Å². The summed E-state index contributed by atoms with van der Waals surface area (Å²) in [7, 11) is 1.91. The number of fused-ring (bicyclic) bond motifs is 2. The van der Waals surface area contributed by atoms with Crippen molar-refractivity contribution in [1.82, 2.24) is 53.5 Å². The van der Waals surface area contributed by atoms with Gasteiger partial charge in [-0.25, -0.2) is 4.79 Å². The number of carbonyl (C=O) groups is 3. The number of aromatic nitrogens is 5. The lowest BCUT2D eigenvalue weighted by Crippen LogP contribution is -2.52. The summed E-state index contributed by atoms with van der Waals surface area (Å²) < 4.78 is 48.6. The highest BCUT2D eigenvalue weighted by Gasteiger charge is 2.40. The molecule has 5 fully saturated rings. The fraction of sp³-hybridized carbons (Fsp3) is 0.538. The molecule has 6 aliphatic rings. The third-order valence-electron chi connectivity index (χ3n) is 16.4. The molecule has 3 amide bonds. The van der Waals surface area contributed by atoms with Crippen molar-refractivity contribution in [3.63, 3.8) is 0 Å². The van der Waals surface area contributed by atoms with Crippen molar-refractivity contribution in [3.05, 3.63) is 111 Å². The lowest BCUT2D eigenvalue weighted by Gasteiger charge is -2.40. The number of aryl methyl sites for hydroxylation is 1. The molecule has 1 aliphatic carbocycles. The van der Waals surface area contributed by atoms with Gasteiger partial charge in [0.05, 0.1) is 16.8 Å². The molecule has 4 saturated heterocycles. The number of piperidine rings is 2. The SMILES string of the molecule is Cn1cnnc1[C@@H](c1cccc(-n2cc3c(C(F)(F)F)cc(CN4CCN(CCN5CCC(CN6CCN(c7ccc8c(c7)CN([C@H]7CCC(=O)NC7=O)C8=O)CC6)CC5)CC4)cn3c2=O)c1)C1CCC1. The number of anilines is 1. The fourth-order valence-electron chi connectivity index (χ4n) is 12.0. The molecule has 0 bridgehead atoms. The summed E-state index contributed by atoms with van der Waals surface area (Å²) in [5.74, 6) is 1.02. The van der Waals surface area contributed by atoms with E-state index in [9.17, 15) is 32.3 Å². The van der Waals surface area contributed by atoms with Crippen LogP contribution in [-0.4, -0.2) is 157 Å². The molecule has 0 unspecified atom stereocenters. The van der Waals surface area contributed by atoms with Crippen molar-refractivity contribution in [3.8, 4) is 5.69 Å². The zero-order valence-corrected chi connectivity index (χ0v) is 40.4. The highest BCUT2D eigenvalue weighted by atomic mass is 19.4. The summed E-state index contributed by atoms with van der Waals surface area (Å²) >= 11 is 0. The number of alkyl halides is 3. The lowest BCUT2D eigenvalue weighted by atomic mass is 9.72. The molecule has 11 rings (SSSR count). The Kier molecular flexibility index (Phi) is 13.1. The Morgan fingerprint density at radius 3 is 2.20 bits per heavy atom. The number of amides is 3. The highest BCUT2D eigenvalue weighted by molar-refractivity contribution is 6.05. The maximum atomic E-state index is 14.7. The van der Waals surface area contributed by atoms with Gasteiger partial charge in [-0.15, -0.1) is 10.2 Å². The summed E-state index contributed by atoms with van der Waals surface area (Å²) in [4.78, 5) is 65.1. The zero-order valence-electron chi connectivity index (χ0n) is 40.4. The molecule has 5 aliphatic heterocycles. The van der Waals surface area contributed by atoms with Crippen molar-refractivity contribution in [2.45, 2.75) is 76.2 Å². The molecule has 19 heteroatoms. The van der Waals surface area contributed by atoms with Crippen molar-refractivity contribution in [2.24, 2.45) is 18.9 Å². The van der Waals surface area contributed by atoms with Crippen LogP contribution >= 0.6 is 0 Å². The van der Waals surface area contributed by atoms with Crippen molar-refractivity contribution >= 4 is 28.9 Å². The van der Waals surface area contributed by atoms with Gasteiger partial charge in [-0.2, -0.15) is 13.2 Å². The van der Waals surface area contributed by atoms with E-state index in [4.69, 9.17) is 0 Å². The van der Waals surface area contributed by atoms with E-state index in [0.717, 1.165) is 127 Å². The number of piperazine rings is 2. The molecule has 1 saturated carbocycles. The van der Waals surface area contributed by atoms with Crippen LogP contribution in [-0.2, 0) is 35.9 Å². The predicted octanol–water partition coefficient (Wildman–Crippen LogP) is 4.58. The summed E-state index contributed by atoms with van der Waals surface area (Å²) in [6.45, 7) is 12.9. The number of likely N-dealkylation sites (tertiary alicyclic amines) is 1. The zero-order chi connectivity index (χ0) is 49.0. The van der Waals surface area contributed by atoms with Crippen molar-refractivity contribution in [2.75, 3.05) is 90.0 Å². The average molecular weight is 977 g/mol. The maximum Gasteiger partial charge on any atom is 0.418 e. The fourth-order valence-corrected chi connectivity index (χ4v) is 12.0. The van der Waals surface area contributed by atoms with E-state index < -0.39 is 29.4 Å². The summed E-state index contributed by atoms with van der Waals surface area (Å²) in [5.41, 5.74) is 3.10. The van der Waals surface area contributed by atoms with E-state index >= 15 is 0 Å². The number of nitrogens with one attached hydrogen (secondary N) is 1. The minimum Gasteiger partial charge on any atom is -0.369 e. The first kappa shape index (κ1) is 47.4. The molecule has 2 atom stereocenters. The number of imide groups is 1. The number of hydrogen-bond acceptors (Lipinski definition) is 11. The molecule has 8 heterocycles. The first-order valence-electron chi connectivity index (χ1n) is 25.5. The molecular weight excluding hydrogens is 914 g/mol.